The van der Waals surface area contributed by atoms with Crippen LogP contribution in [0.1, 0.15) is 32.6 Å². The van der Waals surface area contributed by atoms with Gasteiger partial charge in [0.2, 0.25) is 0 Å². The van der Waals surface area contributed by atoms with Crippen LogP contribution < -0.4 is 0 Å². The van der Waals surface area contributed by atoms with E-state index in [4.69, 9.17) is 4.74 Å². The van der Waals surface area contributed by atoms with Crippen molar-refractivity contribution in [1.82, 2.24) is 4.90 Å². The number of carboxylic acids is 1. The molecule has 1 aliphatic heterocycles. The average molecular weight is 213 g/mol. The Morgan fingerprint density at radius 3 is 2.67 bits per heavy atom. The quantitative estimate of drug-likeness (QED) is 0.746. The fourth-order valence-corrected chi connectivity index (χ4v) is 2.83. The lowest BCUT2D eigenvalue weighted by atomic mass is 9.94. The molecule has 0 bridgehead atoms. The van der Waals surface area contributed by atoms with E-state index < -0.39 is 11.5 Å². The monoisotopic (exact) mass is 213 g/mol. The fraction of sp³-hybridized carbons (Fsp3) is 0.909. The fourth-order valence-electron chi connectivity index (χ4n) is 2.83. The normalized spacial score (nSPS) is 31.7. The third kappa shape index (κ3) is 1.88. The van der Waals surface area contributed by atoms with Crippen LogP contribution in [0.5, 0.6) is 0 Å². The average Bonchev–Trinajstić information content (AvgIpc) is 2.67. The van der Waals surface area contributed by atoms with Gasteiger partial charge in [0.1, 0.15) is 5.54 Å². The van der Waals surface area contributed by atoms with Crippen LogP contribution in [-0.2, 0) is 9.53 Å². The molecule has 1 aliphatic carbocycles. The molecule has 2 rings (SSSR count). The maximum atomic E-state index is 11.4. The van der Waals surface area contributed by atoms with E-state index in [0.717, 1.165) is 38.8 Å². The Kier molecular flexibility index (Phi) is 2.98. The molecule has 0 spiro atoms. The summed E-state index contributed by atoms with van der Waals surface area (Å²) in [7, 11) is 0. The highest BCUT2D eigenvalue weighted by Crippen LogP contribution is 2.36. The first-order chi connectivity index (χ1) is 7.15. The van der Waals surface area contributed by atoms with Crippen LogP contribution in [0.2, 0.25) is 0 Å². The number of carbonyl (C=O) groups is 1. The summed E-state index contributed by atoms with van der Waals surface area (Å²) in [5.41, 5.74) is -0.585. The van der Waals surface area contributed by atoms with Gasteiger partial charge in [-0.2, -0.15) is 0 Å². The molecule has 1 unspecified atom stereocenters. The first-order valence-corrected chi connectivity index (χ1v) is 5.75. The summed E-state index contributed by atoms with van der Waals surface area (Å²) in [6.45, 7) is 4.19. The van der Waals surface area contributed by atoms with E-state index in [1.807, 2.05) is 6.92 Å². The number of aliphatic carboxylic acids is 1. The minimum absolute atomic E-state index is 0.163. The van der Waals surface area contributed by atoms with Crippen molar-refractivity contribution in [3.63, 3.8) is 0 Å². The van der Waals surface area contributed by atoms with Crippen molar-refractivity contribution in [2.75, 3.05) is 19.7 Å². The zero-order valence-corrected chi connectivity index (χ0v) is 9.24. The number of rotatable bonds is 2. The zero-order chi connectivity index (χ0) is 10.9. The van der Waals surface area contributed by atoms with Gasteiger partial charge < -0.3 is 9.84 Å². The van der Waals surface area contributed by atoms with Crippen LogP contribution in [0.15, 0.2) is 0 Å². The van der Waals surface area contributed by atoms with Gasteiger partial charge in [0.15, 0.2) is 0 Å². The van der Waals surface area contributed by atoms with Crippen LogP contribution in [0.25, 0.3) is 0 Å². The molecule has 4 nitrogen and oxygen atoms in total. The second-order valence-corrected chi connectivity index (χ2v) is 4.67. The molecule has 2 aliphatic rings. The highest BCUT2D eigenvalue weighted by molar-refractivity contribution is 5.79. The molecule has 86 valence electrons. The lowest BCUT2D eigenvalue weighted by molar-refractivity contribution is -0.156. The molecule has 0 aromatic carbocycles. The number of nitrogens with zero attached hydrogens (tertiary/aromatic N) is 1. The van der Waals surface area contributed by atoms with E-state index in [1.165, 1.54) is 0 Å². The molecule has 0 radical (unpaired) electrons. The molecule has 1 heterocycles. The van der Waals surface area contributed by atoms with Crippen LogP contribution in [0, 0.1) is 0 Å². The molecule has 1 saturated heterocycles. The predicted molar refractivity (Wildman–Crippen MR) is 55.8 cm³/mol. The van der Waals surface area contributed by atoms with Crippen molar-refractivity contribution in [3.05, 3.63) is 0 Å². The minimum atomic E-state index is -0.644. The Hall–Kier alpha value is -0.610. The Morgan fingerprint density at radius 2 is 2.13 bits per heavy atom. The van der Waals surface area contributed by atoms with Crippen LogP contribution in [0.4, 0.5) is 0 Å². The molecule has 1 saturated carbocycles. The van der Waals surface area contributed by atoms with E-state index in [1.54, 1.807) is 0 Å². The number of hydrogen-bond donors (Lipinski definition) is 1. The highest BCUT2D eigenvalue weighted by Gasteiger charge is 2.47. The van der Waals surface area contributed by atoms with Gasteiger partial charge in [-0.3, -0.25) is 9.69 Å². The third-order valence-corrected chi connectivity index (χ3v) is 3.68. The van der Waals surface area contributed by atoms with Gasteiger partial charge in [0.05, 0.1) is 12.7 Å². The second kappa shape index (κ2) is 4.10. The van der Waals surface area contributed by atoms with Gasteiger partial charge in [-0.05, 0) is 19.8 Å². The summed E-state index contributed by atoms with van der Waals surface area (Å²) in [4.78, 5) is 13.6. The van der Waals surface area contributed by atoms with E-state index in [-0.39, 0.29) is 6.10 Å². The standard InChI is InChI=1S/C11H19NO3/c1-9-8-12(6-7-15-9)11(10(13)14)4-2-3-5-11/h9H,2-8H2,1H3,(H,13,14). The second-order valence-electron chi connectivity index (χ2n) is 4.67. The van der Waals surface area contributed by atoms with Crippen LogP contribution >= 0.6 is 0 Å². The van der Waals surface area contributed by atoms with E-state index >= 15 is 0 Å². The first kappa shape index (κ1) is 10.9. The number of carboxylic acid groups (broad SMARTS) is 1. The molecule has 0 aromatic heterocycles. The summed E-state index contributed by atoms with van der Waals surface area (Å²) in [6.07, 6.45) is 3.84. The zero-order valence-electron chi connectivity index (χ0n) is 9.24. The van der Waals surface area contributed by atoms with Crippen molar-refractivity contribution in [2.45, 2.75) is 44.2 Å². The summed E-state index contributed by atoms with van der Waals surface area (Å²) in [5.74, 6) is -0.644. The molecule has 0 aromatic rings. The van der Waals surface area contributed by atoms with Crippen LogP contribution in [0.3, 0.4) is 0 Å². The molecule has 2 fully saturated rings. The molecule has 1 N–H and O–H groups in total. The van der Waals surface area contributed by atoms with Gasteiger partial charge in [0.25, 0.3) is 0 Å². The van der Waals surface area contributed by atoms with Gasteiger partial charge >= 0.3 is 5.97 Å². The summed E-state index contributed by atoms with van der Waals surface area (Å²) in [6, 6.07) is 0. The molecular weight excluding hydrogens is 194 g/mol. The third-order valence-electron chi connectivity index (χ3n) is 3.68. The summed E-state index contributed by atoms with van der Waals surface area (Å²) >= 11 is 0. The van der Waals surface area contributed by atoms with Crippen LogP contribution in [-0.4, -0.2) is 47.3 Å². The highest BCUT2D eigenvalue weighted by atomic mass is 16.5. The smallest absolute Gasteiger partial charge is 0.324 e. The molecule has 15 heavy (non-hydrogen) atoms. The summed E-state index contributed by atoms with van der Waals surface area (Å²) in [5, 5.41) is 9.42. The maximum absolute atomic E-state index is 11.4. The maximum Gasteiger partial charge on any atom is 0.324 e. The molecular formula is C11H19NO3. The Balaban J connectivity index is 2.13. The number of hydrogen-bond acceptors (Lipinski definition) is 3. The SMILES string of the molecule is CC1CN(C2(C(=O)O)CCCC2)CCO1. The van der Waals surface area contributed by atoms with E-state index in [2.05, 4.69) is 4.90 Å². The molecule has 4 heteroatoms. The lowest BCUT2D eigenvalue weighted by Crippen LogP contribution is -2.58. The number of ether oxygens (including phenoxy) is 1. The Labute approximate surface area is 90.2 Å². The van der Waals surface area contributed by atoms with Gasteiger partial charge in [-0.25, -0.2) is 0 Å². The van der Waals surface area contributed by atoms with Crippen molar-refractivity contribution in [2.24, 2.45) is 0 Å². The first-order valence-electron chi connectivity index (χ1n) is 5.75. The largest absolute Gasteiger partial charge is 0.480 e. The topological polar surface area (TPSA) is 49.8 Å². The minimum Gasteiger partial charge on any atom is -0.480 e. The molecule has 1 atom stereocenters. The Morgan fingerprint density at radius 1 is 1.47 bits per heavy atom. The Bertz CT molecular complexity index is 248. The van der Waals surface area contributed by atoms with Crippen molar-refractivity contribution in [3.8, 4) is 0 Å². The number of morpholine rings is 1. The summed E-state index contributed by atoms with van der Waals surface area (Å²) < 4.78 is 5.46. The van der Waals surface area contributed by atoms with Gasteiger partial charge in [-0.15, -0.1) is 0 Å². The van der Waals surface area contributed by atoms with Crippen molar-refractivity contribution >= 4 is 5.97 Å². The molecule has 0 amide bonds. The van der Waals surface area contributed by atoms with Gasteiger partial charge in [0, 0.05) is 13.1 Å². The lowest BCUT2D eigenvalue weighted by Gasteiger charge is -2.42. The van der Waals surface area contributed by atoms with Gasteiger partial charge in [-0.1, -0.05) is 12.8 Å². The van der Waals surface area contributed by atoms with Crippen molar-refractivity contribution < 1.29 is 14.6 Å². The van der Waals surface area contributed by atoms with E-state index in [0.29, 0.717) is 6.61 Å². The predicted octanol–water partition coefficient (Wildman–Crippen LogP) is 1.10. The van der Waals surface area contributed by atoms with Crippen molar-refractivity contribution in [1.29, 1.82) is 0 Å². The van der Waals surface area contributed by atoms with E-state index in [9.17, 15) is 9.90 Å².